The normalized spacial score (nSPS) is 37.0. The molecule has 1 saturated carbocycles. The van der Waals surface area contributed by atoms with Crippen LogP contribution in [-0.4, -0.2) is 30.4 Å². The van der Waals surface area contributed by atoms with Crippen LogP contribution in [0.15, 0.2) is 11.8 Å². The lowest BCUT2D eigenvalue weighted by molar-refractivity contribution is -0.162. The van der Waals surface area contributed by atoms with Crippen molar-refractivity contribution in [2.45, 2.75) is 38.2 Å². The third-order valence-corrected chi connectivity index (χ3v) is 3.91. The van der Waals surface area contributed by atoms with E-state index in [9.17, 15) is 9.90 Å². The molecule has 0 saturated heterocycles. The summed E-state index contributed by atoms with van der Waals surface area (Å²) in [4.78, 5) is 11.9. The Kier molecular flexibility index (Phi) is 2.70. The maximum absolute atomic E-state index is 11.9. The summed E-state index contributed by atoms with van der Waals surface area (Å²) in [5.41, 5.74) is -1.16. The van der Waals surface area contributed by atoms with Crippen LogP contribution in [0.1, 0.15) is 32.6 Å². The van der Waals surface area contributed by atoms with Crippen LogP contribution in [0.3, 0.4) is 0 Å². The highest BCUT2D eigenvalue weighted by atomic mass is 16.5. The summed E-state index contributed by atoms with van der Waals surface area (Å²) in [6.45, 7) is 2.13. The van der Waals surface area contributed by atoms with Gasteiger partial charge < -0.3 is 14.6 Å². The lowest BCUT2D eigenvalue weighted by Crippen LogP contribution is -2.50. The van der Waals surface area contributed by atoms with Crippen LogP contribution in [0.5, 0.6) is 0 Å². The van der Waals surface area contributed by atoms with Crippen molar-refractivity contribution in [1.29, 1.82) is 0 Å². The third-order valence-electron chi connectivity index (χ3n) is 3.91. The van der Waals surface area contributed by atoms with Crippen molar-refractivity contribution in [2.75, 3.05) is 13.7 Å². The molecule has 0 heterocycles. The van der Waals surface area contributed by atoms with E-state index in [4.69, 9.17) is 9.47 Å². The minimum atomic E-state index is -0.795. The van der Waals surface area contributed by atoms with Gasteiger partial charge in [0, 0.05) is 7.11 Å². The first-order chi connectivity index (χ1) is 7.58. The fraction of sp³-hybridized carbons (Fsp3) is 0.750. The number of ether oxygens (including phenoxy) is 2. The molecule has 0 amide bonds. The molecule has 16 heavy (non-hydrogen) atoms. The molecule has 0 aromatic carbocycles. The first-order valence-electron chi connectivity index (χ1n) is 5.73. The molecule has 90 valence electrons. The maximum atomic E-state index is 11.9. The Bertz CT molecular complexity index is 324. The molecule has 3 rings (SSSR count). The number of hydrogen-bond donors (Lipinski definition) is 1. The second kappa shape index (κ2) is 3.77. The van der Waals surface area contributed by atoms with Gasteiger partial charge in [-0.25, -0.2) is 0 Å². The number of carbonyl (C=O) groups excluding carboxylic acids is 1. The predicted molar refractivity (Wildman–Crippen MR) is 58.0 cm³/mol. The number of esters is 1. The van der Waals surface area contributed by atoms with Crippen molar-refractivity contribution < 1.29 is 19.4 Å². The predicted octanol–water partition coefficient (Wildman–Crippen LogP) is 1.95. The van der Waals surface area contributed by atoms with Crippen LogP contribution >= 0.6 is 0 Å². The summed E-state index contributed by atoms with van der Waals surface area (Å²) in [6, 6.07) is 0. The summed E-state index contributed by atoms with van der Waals surface area (Å²) < 4.78 is 10.5. The molecule has 1 fully saturated rings. The lowest BCUT2D eigenvalue weighted by atomic mass is 9.62. The molecule has 4 nitrogen and oxygen atoms in total. The molecule has 3 aliphatic rings. The van der Waals surface area contributed by atoms with E-state index in [-0.39, 0.29) is 17.3 Å². The smallest absolute Gasteiger partial charge is 0.319 e. The highest BCUT2D eigenvalue weighted by Gasteiger charge is 2.55. The number of methoxy groups -OCH3 is 1. The Morgan fingerprint density at radius 1 is 1.44 bits per heavy atom. The standard InChI is InChI=1S/C12H18O4/c1-3-16-10(14)12-6-4-11(15-2,5-7-12)8-9(12)13/h8,13H,3-7H2,1-2H3. The van der Waals surface area contributed by atoms with Crippen LogP contribution in [-0.2, 0) is 14.3 Å². The fourth-order valence-corrected chi connectivity index (χ4v) is 2.73. The van der Waals surface area contributed by atoms with Gasteiger partial charge >= 0.3 is 5.97 Å². The van der Waals surface area contributed by atoms with Gasteiger partial charge in [-0.15, -0.1) is 0 Å². The minimum absolute atomic E-state index is 0.130. The van der Waals surface area contributed by atoms with E-state index in [2.05, 4.69) is 0 Å². The molecule has 0 aromatic heterocycles. The summed E-state index contributed by atoms with van der Waals surface area (Å²) in [7, 11) is 1.65. The highest BCUT2D eigenvalue weighted by molar-refractivity contribution is 5.81. The van der Waals surface area contributed by atoms with Crippen molar-refractivity contribution in [2.24, 2.45) is 5.41 Å². The minimum Gasteiger partial charge on any atom is -0.511 e. The van der Waals surface area contributed by atoms with E-state index >= 15 is 0 Å². The van der Waals surface area contributed by atoms with E-state index in [0.717, 1.165) is 12.8 Å². The SMILES string of the molecule is CCOC(=O)C12CCC(OC)(C=C1O)CC2. The summed E-state index contributed by atoms with van der Waals surface area (Å²) in [5.74, 6) is -0.168. The van der Waals surface area contributed by atoms with E-state index in [1.165, 1.54) is 0 Å². The molecule has 0 atom stereocenters. The van der Waals surface area contributed by atoms with Gasteiger partial charge in [0.15, 0.2) is 0 Å². The lowest BCUT2D eigenvalue weighted by Gasteiger charge is -2.47. The van der Waals surface area contributed by atoms with Gasteiger partial charge in [-0.1, -0.05) is 0 Å². The van der Waals surface area contributed by atoms with Crippen LogP contribution in [0.4, 0.5) is 0 Å². The van der Waals surface area contributed by atoms with Crippen LogP contribution in [0, 0.1) is 5.41 Å². The third kappa shape index (κ3) is 1.44. The quantitative estimate of drug-likeness (QED) is 0.747. The van der Waals surface area contributed by atoms with E-state index < -0.39 is 5.41 Å². The number of rotatable bonds is 3. The van der Waals surface area contributed by atoms with Crippen molar-refractivity contribution in [3.05, 3.63) is 11.8 Å². The Morgan fingerprint density at radius 2 is 2.06 bits per heavy atom. The number of hydrogen-bond acceptors (Lipinski definition) is 4. The maximum Gasteiger partial charge on any atom is 0.319 e. The van der Waals surface area contributed by atoms with Gasteiger partial charge in [-0.2, -0.15) is 0 Å². The molecule has 0 radical (unpaired) electrons. The monoisotopic (exact) mass is 226 g/mol. The first kappa shape index (κ1) is 11.5. The molecular weight excluding hydrogens is 208 g/mol. The number of aliphatic hydroxyl groups is 1. The average molecular weight is 226 g/mol. The van der Waals surface area contributed by atoms with Crippen LogP contribution in [0.25, 0.3) is 0 Å². The summed E-state index contributed by atoms with van der Waals surface area (Å²) in [6.07, 6.45) is 4.46. The van der Waals surface area contributed by atoms with Crippen molar-refractivity contribution in [3.63, 3.8) is 0 Å². The van der Waals surface area contributed by atoms with E-state index in [1.807, 2.05) is 0 Å². The topological polar surface area (TPSA) is 55.8 Å². The first-order valence-corrected chi connectivity index (χ1v) is 5.73. The highest BCUT2D eigenvalue weighted by Crippen LogP contribution is 2.52. The van der Waals surface area contributed by atoms with Gasteiger partial charge in [-0.3, -0.25) is 4.79 Å². The molecule has 4 heteroatoms. The Labute approximate surface area is 95.2 Å². The summed E-state index contributed by atoms with van der Waals surface area (Å²) in [5, 5.41) is 10.0. The van der Waals surface area contributed by atoms with Crippen molar-refractivity contribution in [1.82, 2.24) is 0 Å². The molecular formula is C12H18O4. The molecule has 1 N–H and O–H groups in total. The second-order valence-electron chi connectivity index (χ2n) is 4.60. The van der Waals surface area contributed by atoms with Gasteiger partial charge in [0.1, 0.15) is 11.2 Å². The summed E-state index contributed by atoms with van der Waals surface area (Å²) >= 11 is 0. The van der Waals surface area contributed by atoms with Crippen molar-refractivity contribution >= 4 is 5.97 Å². The zero-order chi connectivity index (χ0) is 11.8. The van der Waals surface area contributed by atoms with Crippen LogP contribution < -0.4 is 0 Å². The molecule has 2 bridgehead atoms. The van der Waals surface area contributed by atoms with E-state index in [0.29, 0.717) is 19.4 Å². The fourth-order valence-electron chi connectivity index (χ4n) is 2.73. The Morgan fingerprint density at radius 3 is 2.50 bits per heavy atom. The molecule has 3 aliphatic carbocycles. The van der Waals surface area contributed by atoms with Crippen molar-refractivity contribution in [3.8, 4) is 0 Å². The zero-order valence-corrected chi connectivity index (χ0v) is 9.78. The molecule has 0 aromatic rings. The number of fused-ring (bicyclic) bond motifs is 2. The second-order valence-corrected chi connectivity index (χ2v) is 4.60. The number of carbonyl (C=O) groups is 1. The van der Waals surface area contributed by atoms with Crippen LogP contribution in [0.2, 0.25) is 0 Å². The number of aliphatic hydroxyl groups excluding tert-OH is 1. The zero-order valence-electron chi connectivity index (χ0n) is 9.78. The largest absolute Gasteiger partial charge is 0.511 e. The van der Waals surface area contributed by atoms with Gasteiger partial charge in [0.25, 0.3) is 0 Å². The Balaban J connectivity index is 2.29. The average Bonchev–Trinajstić information content (AvgIpc) is 2.30. The van der Waals surface area contributed by atoms with Gasteiger partial charge in [0.05, 0.1) is 12.2 Å². The van der Waals surface area contributed by atoms with Gasteiger partial charge in [0.2, 0.25) is 0 Å². The molecule has 0 unspecified atom stereocenters. The molecule has 0 aliphatic heterocycles. The van der Waals surface area contributed by atoms with Gasteiger partial charge in [-0.05, 0) is 38.7 Å². The molecule has 0 spiro atoms. The van der Waals surface area contributed by atoms with E-state index in [1.54, 1.807) is 20.1 Å². The Hall–Kier alpha value is -1.03.